The first-order valence-corrected chi connectivity index (χ1v) is 6.10. The van der Waals surface area contributed by atoms with Crippen molar-refractivity contribution in [3.63, 3.8) is 0 Å². The molecule has 13 heavy (non-hydrogen) atoms. The topological polar surface area (TPSA) is 46.2 Å². The van der Waals surface area contributed by atoms with E-state index in [1.807, 2.05) is 11.8 Å². The summed E-state index contributed by atoms with van der Waals surface area (Å²) in [4.78, 5) is 0. The van der Waals surface area contributed by atoms with Crippen LogP contribution in [0.15, 0.2) is 0 Å². The second-order valence-electron chi connectivity index (χ2n) is 3.89. The fourth-order valence-electron chi connectivity index (χ4n) is 0.957. The van der Waals surface area contributed by atoms with Gasteiger partial charge in [-0.1, -0.05) is 13.8 Å². The molecule has 3 N–H and O–H groups in total. The van der Waals surface area contributed by atoms with Crippen molar-refractivity contribution >= 4 is 11.8 Å². The highest BCUT2D eigenvalue weighted by molar-refractivity contribution is 7.99. The first kappa shape index (κ1) is 13.3. The van der Waals surface area contributed by atoms with Crippen molar-refractivity contribution in [1.82, 2.24) is 0 Å². The molecule has 0 radical (unpaired) electrons. The summed E-state index contributed by atoms with van der Waals surface area (Å²) in [6, 6.07) is 0. The fraction of sp³-hybridized carbons (Fsp3) is 1.00. The summed E-state index contributed by atoms with van der Waals surface area (Å²) in [5.74, 6) is 1.13. The van der Waals surface area contributed by atoms with E-state index in [-0.39, 0.29) is 0 Å². The predicted octanol–water partition coefficient (Wildman–Crippen LogP) is 2.01. The molecule has 0 aliphatic heterocycles. The second kappa shape index (κ2) is 6.68. The quantitative estimate of drug-likeness (QED) is 0.625. The average molecular weight is 205 g/mol. The molecular weight excluding hydrogens is 182 g/mol. The number of hydrogen-bond acceptors (Lipinski definition) is 3. The molecule has 0 heterocycles. The van der Waals surface area contributed by atoms with Crippen molar-refractivity contribution in [3.05, 3.63) is 0 Å². The van der Waals surface area contributed by atoms with E-state index >= 15 is 0 Å². The number of nitrogens with two attached hydrogens (primary N) is 1. The molecule has 0 aromatic heterocycles. The molecule has 3 heteroatoms. The molecule has 2 unspecified atom stereocenters. The van der Waals surface area contributed by atoms with Crippen molar-refractivity contribution < 1.29 is 5.11 Å². The van der Waals surface area contributed by atoms with Crippen LogP contribution in [0.3, 0.4) is 0 Å². The maximum atomic E-state index is 9.61. The van der Waals surface area contributed by atoms with Crippen LogP contribution in [-0.4, -0.2) is 28.3 Å². The lowest BCUT2D eigenvalue weighted by Gasteiger charge is -2.20. The van der Waals surface area contributed by atoms with Gasteiger partial charge in [0.25, 0.3) is 0 Å². The summed E-state index contributed by atoms with van der Waals surface area (Å²) in [6.45, 7) is 6.61. The zero-order valence-corrected chi connectivity index (χ0v) is 9.86. The van der Waals surface area contributed by atoms with E-state index in [9.17, 15) is 5.11 Å². The molecule has 0 aliphatic rings. The molecule has 0 spiro atoms. The molecule has 0 fully saturated rings. The lowest BCUT2D eigenvalue weighted by Crippen LogP contribution is -2.34. The van der Waals surface area contributed by atoms with Gasteiger partial charge in [-0.2, -0.15) is 11.8 Å². The minimum absolute atomic E-state index is 0.362. The predicted molar refractivity (Wildman–Crippen MR) is 61.1 cm³/mol. The third-order valence-corrected chi connectivity index (χ3v) is 3.70. The number of rotatable bonds is 7. The smallest absolute Gasteiger partial charge is 0.0741 e. The largest absolute Gasteiger partial charge is 0.389 e. The molecule has 0 rings (SSSR count). The fourth-order valence-corrected chi connectivity index (χ4v) is 1.91. The molecule has 80 valence electrons. The van der Waals surface area contributed by atoms with Crippen molar-refractivity contribution in [2.24, 2.45) is 5.73 Å². The molecule has 0 aromatic carbocycles. The van der Waals surface area contributed by atoms with Crippen LogP contribution in [0.4, 0.5) is 0 Å². The first-order chi connectivity index (χ1) is 6.02. The summed E-state index contributed by atoms with van der Waals surface area (Å²) >= 11 is 1.98. The monoisotopic (exact) mass is 205 g/mol. The van der Waals surface area contributed by atoms with Gasteiger partial charge in [0.1, 0.15) is 0 Å². The molecule has 0 aromatic rings. The van der Waals surface area contributed by atoms with Crippen molar-refractivity contribution in [1.29, 1.82) is 0 Å². The summed E-state index contributed by atoms with van der Waals surface area (Å²) in [6.07, 6.45) is 3.09. The van der Waals surface area contributed by atoms with Gasteiger partial charge in [0.2, 0.25) is 0 Å². The summed E-state index contributed by atoms with van der Waals surface area (Å²) in [5, 5.41) is 10.4. The van der Waals surface area contributed by atoms with Crippen LogP contribution in [0.2, 0.25) is 0 Å². The average Bonchev–Trinajstić information content (AvgIpc) is 2.12. The Kier molecular flexibility index (Phi) is 6.82. The second-order valence-corrected chi connectivity index (χ2v) is 5.44. The number of aliphatic hydroxyl groups is 1. The van der Waals surface area contributed by atoms with Crippen LogP contribution in [0, 0.1) is 0 Å². The molecular formula is C10H23NOS. The van der Waals surface area contributed by atoms with Crippen molar-refractivity contribution in [3.8, 4) is 0 Å². The van der Waals surface area contributed by atoms with Crippen molar-refractivity contribution in [2.45, 2.75) is 50.9 Å². The SMILES string of the molecule is CCC(C)SCCCC(C)(O)CN. The third kappa shape index (κ3) is 7.35. The van der Waals surface area contributed by atoms with Gasteiger partial charge in [0.05, 0.1) is 5.60 Å². The molecule has 2 nitrogen and oxygen atoms in total. The highest BCUT2D eigenvalue weighted by atomic mass is 32.2. The van der Waals surface area contributed by atoms with Crippen LogP contribution < -0.4 is 5.73 Å². The van der Waals surface area contributed by atoms with Gasteiger partial charge >= 0.3 is 0 Å². The molecule has 0 saturated heterocycles. The Labute approximate surface area is 86.3 Å². The Balaban J connectivity index is 3.35. The lowest BCUT2D eigenvalue weighted by molar-refractivity contribution is 0.0596. The van der Waals surface area contributed by atoms with Gasteiger partial charge in [0, 0.05) is 11.8 Å². The Morgan fingerprint density at radius 2 is 2.15 bits per heavy atom. The van der Waals surface area contributed by atoms with E-state index in [4.69, 9.17) is 5.73 Å². The molecule has 0 saturated carbocycles. The summed E-state index contributed by atoms with van der Waals surface area (Å²) < 4.78 is 0. The van der Waals surface area contributed by atoms with Crippen LogP contribution in [0.25, 0.3) is 0 Å². The zero-order valence-electron chi connectivity index (χ0n) is 9.05. The molecule has 0 aliphatic carbocycles. The van der Waals surface area contributed by atoms with Gasteiger partial charge in [-0.3, -0.25) is 0 Å². The van der Waals surface area contributed by atoms with Crippen LogP contribution in [-0.2, 0) is 0 Å². The standard InChI is InChI=1S/C10H23NOS/c1-4-9(2)13-7-5-6-10(3,12)8-11/h9,12H,4-8,11H2,1-3H3. The van der Waals surface area contributed by atoms with Crippen LogP contribution in [0.1, 0.15) is 40.0 Å². The maximum Gasteiger partial charge on any atom is 0.0741 e. The van der Waals surface area contributed by atoms with Gasteiger partial charge in [-0.15, -0.1) is 0 Å². The summed E-state index contributed by atoms with van der Waals surface area (Å²) in [7, 11) is 0. The molecule has 0 amide bonds. The minimum atomic E-state index is -0.657. The lowest BCUT2D eigenvalue weighted by atomic mass is 10.0. The zero-order chi connectivity index (χ0) is 10.3. The number of hydrogen-bond donors (Lipinski definition) is 2. The van der Waals surface area contributed by atoms with E-state index in [1.54, 1.807) is 6.92 Å². The van der Waals surface area contributed by atoms with Gasteiger partial charge < -0.3 is 10.8 Å². The van der Waals surface area contributed by atoms with Crippen LogP contribution >= 0.6 is 11.8 Å². The van der Waals surface area contributed by atoms with E-state index < -0.39 is 5.60 Å². The highest BCUT2D eigenvalue weighted by Crippen LogP contribution is 2.18. The van der Waals surface area contributed by atoms with Crippen LogP contribution in [0.5, 0.6) is 0 Å². The van der Waals surface area contributed by atoms with E-state index in [1.165, 1.54) is 6.42 Å². The Morgan fingerprint density at radius 1 is 1.54 bits per heavy atom. The van der Waals surface area contributed by atoms with Gasteiger partial charge in [-0.05, 0) is 31.9 Å². The Morgan fingerprint density at radius 3 is 2.62 bits per heavy atom. The third-order valence-electron chi connectivity index (χ3n) is 2.28. The minimum Gasteiger partial charge on any atom is -0.389 e. The van der Waals surface area contributed by atoms with Crippen molar-refractivity contribution in [2.75, 3.05) is 12.3 Å². The van der Waals surface area contributed by atoms with Gasteiger partial charge in [-0.25, -0.2) is 0 Å². The highest BCUT2D eigenvalue weighted by Gasteiger charge is 2.16. The maximum absolute atomic E-state index is 9.61. The number of thioether (sulfide) groups is 1. The van der Waals surface area contributed by atoms with E-state index in [0.717, 1.165) is 23.8 Å². The summed E-state index contributed by atoms with van der Waals surface area (Å²) in [5.41, 5.74) is 4.76. The Bertz CT molecular complexity index is 128. The van der Waals surface area contributed by atoms with E-state index in [2.05, 4.69) is 13.8 Å². The molecule has 2 atom stereocenters. The van der Waals surface area contributed by atoms with E-state index in [0.29, 0.717) is 6.54 Å². The first-order valence-electron chi connectivity index (χ1n) is 5.06. The van der Waals surface area contributed by atoms with Gasteiger partial charge in [0.15, 0.2) is 0 Å². The Hall–Kier alpha value is 0.270. The molecule has 0 bridgehead atoms. The normalized spacial score (nSPS) is 18.2.